The largest absolute Gasteiger partial charge is 0.461 e. The van der Waals surface area contributed by atoms with Crippen LogP contribution in [-0.2, 0) is 14.3 Å². The molecule has 0 amide bonds. The molecule has 0 aromatic carbocycles. The van der Waals surface area contributed by atoms with Crippen molar-refractivity contribution in [2.75, 3.05) is 13.0 Å². The average Bonchev–Trinajstić information content (AvgIpc) is 2.13. The average molecular weight is 174 g/mol. The molecule has 0 saturated carbocycles. The lowest BCUT2D eigenvalue weighted by Gasteiger charge is -2.09. The van der Waals surface area contributed by atoms with E-state index in [1.165, 1.54) is 0 Å². The Hall–Kier alpha value is -0.640. The zero-order valence-electron chi connectivity index (χ0n) is 6.33. The smallest absolute Gasteiger partial charge is 0.310 e. The number of thioether (sulfide) groups is 1. The zero-order chi connectivity index (χ0) is 8.27. The van der Waals surface area contributed by atoms with E-state index < -0.39 is 0 Å². The van der Waals surface area contributed by atoms with Crippen LogP contribution in [0.4, 0.5) is 0 Å². The number of esters is 1. The first-order chi connectivity index (χ1) is 5.24. The topological polar surface area (TPSA) is 35.5 Å². The fraction of sp³-hybridized carbons (Fsp3) is 0.571. The van der Waals surface area contributed by atoms with E-state index in [0.29, 0.717) is 12.2 Å². The molecule has 0 aromatic heterocycles. The van der Waals surface area contributed by atoms with E-state index in [0.717, 1.165) is 0 Å². The van der Waals surface area contributed by atoms with Gasteiger partial charge in [-0.1, -0.05) is 6.58 Å². The number of carbonyl (C=O) groups is 1. The summed E-state index contributed by atoms with van der Waals surface area (Å²) in [7, 11) is 0. The Morgan fingerprint density at radius 2 is 2.36 bits per heavy atom. The molecule has 1 unspecified atom stereocenters. The minimum absolute atomic E-state index is 0.00866. The summed E-state index contributed by atoms with van der Waals surface area (Å²) in [5, 5.41) is 0.0463. The predicted octanol–water partition coefficient (Wildman–Crippen LogP) is 1.15. The fourth-order valence-corrected chi connectivity index (χ4v) is 1.44. The SMILES string of the molecule is C=C1OCOC(=O)CC1SC. The van der Waals surface area contributed by atoms with Gasteiger partial charge in [-0.3, -0.25) is 4.79 Å². The van der Waals surface area contributed by atoms with E-state index in [1.807, 2.05) is 6.26 Å². The maximum Gasteiger partial charge on any atom is 0.310 e. The molecule has 0 aliphatic carbocycles. The van der Waals surface area contributed by atoms with Crippen LogP contribution in [0.3, 0.4) is 0 Å². The van der Waals surface area contributed by atoms with Crippen LogP contribution in [0.1, 0.15) is 6.42 Å². The van der Waals surface area contributed by atoms with Gasteiger partial charge in [-0.15, -0.1) is 0 Å². The second-order valence-corrected chi connectivity index (χ2v) is 3.21. The summed E-state index contributed by atoms with van der Waals surface area (Å²) in [6, 6.07) is 0. The van der Waals surface area contributed by atoms with Crippen molar-refractivity contribution in [2.45, 2.75) is 11.7 Å². The minimum Gasteiger partial charge on any atom is -0.461 e. The summed E-state index contributed by atoms with van der Waals surface area (Å²) in [6.07, 6.45) is 2.28. The van der Waals surface area contributed by atoms with Crippen molar-refractivity contribution in [3.63, 3.8) is 0 Å². The molecule has 0 N–H and O–H groups in total. The van der Waals surface area contributed by atoms with Crippen LogP contribution in [0.15, 0.2) is 12.3 Å². The van der Waals surface area contributed by atoms with Crippen LogP contribution in [0.5, 0.6) is 0 Å². The van der Waals surface area contributed by atoms with Gasteiger partial charge in [-0.25, -0.2) is 0 Å². The van der Waals surface area contributed by atoms with Crippen molar-refractivity contribution in [1.82, 2.24) is 0 Å². The molecule has 0 aromatic rings. The van der Waals surface area contributed by atoms with Crippen molar-refractivity contribution in [2.24, 2.45) is 0 Å². The van der Waals surface area contributed by atoms with Gasteiger partial charge in [0.05, 0.1) is 11.7 Å². The van der Waals surface area contributed by atoms with Crippen LogP contribution >= 0.6 is 11.8 Å². The third kappa shape index (κ3) is 2.15. The van der Waals surface area contributed by atoms with Gasteiger partial charge in [0.1, 0.15) is 5.76 Å². The molecule has 1 aliphatic rings. The van der Waals surface area contributed by atoms with Gasteiger partial charge in [-0.2, -0.15) is 11.8 Å². The summed E-state index contributed by atoms with van der Waals surface area (Å²) in [5.74, 6) is 0.409. The Morgan fingerprint density at radius 3 is 3.00 bits per heavy atom. The Bertz CT molecular complexity index is 179. The molecule has 4 heteroatoms. The highest BCUT2D eigenvalue weighted by Gasteiger charge is 2.21. The van der Waals surface area contributed by atoms with Crippen LogP contribution in [-0.4, -0.2) is 24.3 Å². The molecule has 1 saturated heterocycles. The maximum absolute atomic E-state index is 10.8. The van der Waals surface area contributed by atoms with E-state index in [2.05, 4.69) is 11.3 Å². The first-order valence-electron chi connectivity index (χ1n) is 3.24. The third-order valence-electron chi connectivity index (χ3n) is 1.46. The maximum atomic E-state index is 10.8. The van der Waals surface area contributed by atoms with Crippen molar-refractivity contribution in [3.05, 3.63) is 12.3 Å². The van der Waals surface area contributed by atoms with Crippen molar-refractivity contribution < 1.29 is 14.3 Å². The number of ether oxygens (including phenoxy) is 2. The first kappa shape index (κ1) is 8.46. The molecule has 1 atom stereocenters. The Labute approximate surface area is 69.7 Å². The predicted molar refractivity (Wildman–Crippen MR) is 43.1 cm³/mol. The highest BCUT2D eigenvalue weighted by molar-refractivity contribution is 7.99. The van der Waals surface area contributed by atoms with Crippen LogP contribution < -0.4 is 0 Å². The van der Waals surface area contributed by atoms with E-state index in [4.69, 9.17) is 4.74 Å². The number of hydrogen-bond donors (Lipinski definition) is 0. The third-order valence-corrected chi connectivity index (χ3v) is 2.46. The highest BCUT2D eigenvalue weighted by Crippen LogP contribution is 2.22. The number of rotatable bonds is 1. The van der Waals surface area contributed by atoms with E-state index in [1.54, 1.807) is 11.8 Å². The standard InChI is InChI=1S/C7H10O3S/c1-5-6(11-2)3-7(8)10-4-9-5/h6H,1,3-4H2,2H3. The molecule has 62 valence electrons. The normalized spacial score (nSPS) is 25.4. The van der Waals surface area contributed by atoms with Gasteiger partial charge in [0, 0.05) is 0 Å². The van der Waals surface area contributed by atoms with E-state index >= 15 is 0 Å². The monoisotopic (exact) mass is 174 g/mol. The summed E-state index contributed by atoms with van der Waals surface area (Å²) in [5.41, 5.74) is 0. The van der Waals surface area contributed by atoms with Crippen LogP contribution in [0, 0.1) is 0 Å². The molecule has 11 heavy (non-hydrogen) atoms. The van der Waals surface area contributed by atoms with E-state index in [-0.39, 0.29) is 18.0 Å². The quantitative estimate of drug-likeness (QED) is 0.559. The first-order valence-corrected chi connectivity index (χ1v) is 4.53. The van der Waals surface area contributed by atoms with Gasteiger partial charge in [0.2, 0.25) is 6.79 Å². The second-order valence-electron chi connectivity index (χ2n) is 2.17. The fourth-order valence-electron chi connectivity index (χ4n) is 0.803. The van der Waals surface area contributed by atoms with Crippen molar-refractivity contribution in [3.8, 4) is 0 Å². The lowest BCUT2D eigenvalue weighted by molar-refractivity contribution is -0.149. The molecule has 1 heterocycles. The van der Waals surface area contributed by atoms with Gasteiger partial charge in [0.25, 0.3) is 0 Å². The second kappa shape index (κ2) is 3.67. The zero-order valence-corrected chi connectivity index (χ0v) is 7.15. The molecule has 0 bridgehead atoms. The Morgan fingerprint density at radius 1 is 1.64 bits per heavy atom. The van der Waals surface area contributed by atoms with Crippen molar-refractivity contribution >= 4 is 17.7 Å². The number of cyclic esters (lactones) is 1. The lowest BCUT2D eigenvalue weighted by Crippen LogP contribution is -2.09. The van der Waals surface area contributed by atoms with Gasteiger partial charge in [0.15, 0.2) is 0 Å². The number of carbonyl (C=O) groups excluding carboxylic acids is 1. The molecule has 3 nitrogen and oxygen atoms in total. The summed E-state index contributed by atoms with van der Waals surface area (Å²) < 4.78 is 9.69. The van der Waals surface area contributed by atoms with Crippen molar-refractivity contribution in [1.29, 1.82) is 0 Å². The molecular formula is C7H10O3S. The molecule has 1 aliphatic heterocycles. The molecule has 1 rings (SSSR count). The van der Waals surface area contributed by atoms with E-state index in [9.17, 15) is 4.79 Å². The van der Waals surface area contributed by atoms with Crippen LogP contribution in [0.2, 0.25) is 0 Å². The molecule has 0 spiro atoms. The molecule has 1 fully saturated rings. The number of hydrogen-bond acceptors (Lipinski definition) is 4. The highest BCUT2D eigenvalue weighted by atomic mass is 32.2. The Kier molecular flexibility index (Phi) is 2.82. The minimum atomic E-state index is -0.219. The van der Waals surface area contributed by atoms with Crippen LogP contribution in [0.25, 0.3) is 0 Å². The lowest BCUT2D eigenvalue weighted by atomic mass is 10.3. The van der Waals surface area contributed by atoms with Gasteiger partial charge >= 0.3 is 5.97 Å². The van der Waals surface area contributed by atoms with Gasteiger partial charge < -0.3 is 9.47 Å². The Balaban J connectivity index is 2.59. The molecular weight excluding hydrogens is 164 g/mol. The summed E-state index contributed by atoms with van der Waals surface area (Å²) in [4.78, 5) is 10.8. The van der Waals surface area contributed by atoms with Gasteiger partial charge in [-0.05, 0) is 6.26 Å². The summed E-state index contributed by atoms with van der Waals surface area (Å²) in [6.45, 7) is 3.69. The molecule has 0 radical (unpaired) electrons. The summed E-state index contributed by atoms with van der Waals surface area (Å²) >= 11 is 1.55.